The number of fused-ring (bicyclic) bond motifs is 1. The number of hydrogen-bond donors (Lipinski definition) is 1. The molecule has 1 heterocycles. The van der Waals surface area contributed by atoms with E-state index in [0.29, 0.717) is 29.9 Å². The van der Waals surface area contributed by atoms with Crippen molar-refractivity contribution in [2.75, 3.05) is 6.61 Å². The highest BCUT2D eigenvalue weighted by Gasteiger charge is 2.19. The van der Waals surface area contributed by atoms with Crippen molar-refractivity contribution in [3.8, 4) is 11.5 Å². The molecule has 68 valence electrons. The number of rotatable bonds is 0. The van der Waals surface area contributed by atoms with Gasteiger partial charge in [0.2, 0.25) is 0 Å². The highest BCUT2D eigenvalue weighted by atomic mass is 16.5. The van der Waals surface area contributed by atoms with Crippen LogP contribution < -0.4 is 4.74 Å². The monoisotopic (exact) mass is 178 g/mol. The van der Waals surface area contributed by atoms with E-state index >= 15 is 0 Å². The zero-order valence-corrected chi connectivity index (χ0v) is 7.33. The molecule has 0 spiro atoms. The molecule has 2 rings (SSSR count). The molecule has 0 saturated heterocycles. The molecule has 1 N–H and O–H groups in total. The molecule has 1 aliphatic heterocycles. The molecule has 0 aliphatic carbocycles. The van der Waals surface area contributed by atoms with Crippen molar-refractivity contribution in [2.45, 2.75) is 13.3 Å². The molecule has 0 atom stereocenters. The fourth-order valence-electron chi connectivity index (χ4n) is 1.40. The van der Waals surface area contributed by atoms with E-state index in [1.807, 2.05) is 0 Å². The van der Waals surface area contributed by atoms with Crippen LogP contribution in [-0.2, 0) is 0 Å². The molecular formula is C10H10O3. The van der Waals surface area contributed by atoms with Gasteiger partial charge >= 0.3 is 0 Å². The van der Waals surface area contributed by atoms with E-state index in [9.17, 15) is 9.90 Å². The number of ketones is 1. The summed E-state index contributed by atoms with van der Waals surface area (Å²) in [4.78, 5) is 11.4. The van der Waals surface area contributed by atoms with Gasteiger partial charge in [0.05, 0.1) is 12.2 Å². The van der Waals surface area contributed by atoms with Gasteiger partial charge in [-0.1, -0.05) is 0 Å². The van der Waals surface area contributed by atoms with E-state index in [1.165, 1.54) is 6.07 Å². The molecule has 3 heteroatoms. The lowest BCUT2D eigenvalue weighted by Crippen LogP contribution is -2.15. The van der Waals surface area contributed by atoms with Gasteiger partial charge in [-0.05, 0) is 18.6 Å². The molecule has 0 aromatic heterocycles. The minimum absolute atomic E-state index is 0.0874. The Morgan fingerprint density at radius 2 is 2.23 bits per heavy atom. The quantitative estimate of drug-likeness (QED) is 0.657. The summed E-state index contributed by atoms with van der Waals surface area (Å²) in [6.07, 6.45) is 0.428. The van der Waals surface area contributed by atoms with Gasteiger partial charge in [-0.3, -0.25) is 4.79 Å². The van der Waals surface area contributed by atoms with Crippen molar-refractivity contribution in [3.63, 3.8) is 0 Å². The van der Waals surface area contributed by atoms with Crippen LogP contribution >= 0.6 is 0 Å². The van der Waals surface area contributed by atoms with Gasteiger partial charge < -0.3 is 9.84 Å². The summed E-state index contributed by atoms with van der Waals surface area (Å²) < 4.78 is 5.25. The molecule has 0 bridgehead atoms. The average Bonchev–Trinajstić information content (AvgIpc) is 2.09. The Labute approximate surface area is 76.0 Å². The van der Waals surface area contributed by atoms with E-state index < -0.39 is 0 Å². The lowest BCUT2D eigenvalue weighted by molar-refractivity contribution is 0.0933. The van der Waals surface area contributed by atoms with Crippen LogP contribution in [0, 0.1) is 6.92 Å². The van der Waals surface area contributed by atoms with Crippen molar-refractivity contribution in [3.05, 3.63) is 23.3 Å². The molecule has 0 unspecified atom stereocenters. The van der Waals surface area contributed by atoms with Crippen LogP contribution in [-0.4, -0.2) is 17.5 Å². The van der Waals surface area contributed by atoms with Crippen LogP contribution in [0.25, 0.3) is 0 Å². The van der Waals surface area contributed by atoms with Crippen molar-refractivity contribution < 1.29 is 14.6 Å². The number of phenols is 1. The first-order chi connectivity index (χ1) is 6.18. The number of benzene rings is 1. The Kier molecular flexibility index (Phi) is 1.72. The minimum Gasteiger partial charge on any atom is -0.508 e. The topological polar surface area (TPSA) is 46.5 Å². The molecule has 1 aromatic carbocycles. The van der Waals surface area contributed by atoms with Crippen LogP contribution in [0.1, 0.15) is 22.3 Å². The molecule has 0 saturated carbocycles. The van der Waals surface area contributed by atoms with Crippen molar-refractivity contribution in [1.82, 2.24) is 0 Å². The zero-order valence-electron chi connectivity index (χ0n) is 7.33. The van der Waals surface area contributed by atoms with Crippen molar-refractivity contribution in [2.24, 2.45) is 0 Å². The number of aromatic hydroxyl groups is 1. The number of phenolic OH excluding ortho intramolecular Hbond substituents is 1. The molecule has 1 aromatic rings. The lowest BCUT2D eigenvalue weighted by Gasteiger charge is -2.16. The van der Waals surface area contributed by atoms with Crippen LogP contribution in [0.4, 0.5) is 0 Å². The summed E-state index contributed by atoms with van der Waals surface area (Å²) in [6.45, 7) is 2.17. The van der Waals surface area contributed by atoms with Gasteiger partial charge in [-0.15, -0.1) is 0 Å². The van der Waals surface area contributed by atoms with E-state index in [1.54, 1.807) is 13.0 Å². The average molecular weight is 178 g/mol. The van der Waals surface area contributed by atoms with E-state index in [4.69, 9.17) is 4.74 Å². The summed E-state index contributed by atoms with van der Waals surface area (Å²) in [5, 5.41) is 9.37. The van der Waals surface area contributed by atoms with Gasteiger partial charge in [0, 0.05) is 12.5 Å². The third kappa shape index (κ3) is 1.26. The van der Waals surface area contributed by atoms with E-state index in [-0.39, 0.29) is 11.5 Å². The maximum Gasteiger partial charge on any atom is 0.170 e. The second-order valence-corrected chi connectivity index (χ2v) is 3.16. The predicted molar refractivity (Wildman–Crippen MR) is 47.3 cm³/mol. The van der Waals surface area contributed by atoms with Crippen LogP contribution in [0.5, 0.6) is 11.5 Å². The third-order valence-corrected chi connectivity index (χ3v) is 2.19. The Hall–Kier alpha value is -1.51. The van der Waals surface area contributed by atoms with Gasteiger partial charge in [0.25, 0.3) is 0 Å². The zero-order chi connectivity index (χ0) is 9.42. The van der Waals surface area contributed by atoms with Gasteiger partial charge in [-0.2, -0.15) is 0 Å². The number of carbonyl (C=O) groups excluding carboxylic acids is 1. The molecule has 13 heavy (non-hydrogen) atoms. The van der Waals surface area contributed by atoms with Crippen molar-refractivity contribution in [1.29, 1.82) is 0 Å². The minimum atomic E-state index is 0.0874. The smallest absolute Gasteiger partial charge is 0.170 e. The number of hydrogen-bond acceptors (Lipinski definition) is 3. The summed E-state index contributed by atoms with van der Waals surface area (Å²) in [5.74, 6) is 0.761. The summed E-state index contributed by atoms with van der Waals surface area (Å²) in [6, 6.07) is 3.17. The summed E-state index contributed by atoms with van der Waals surface area (Å²) >= 11 is 0. The second-order valence-electron chi connectivity index (χ2n) is 3.16. The Balaban J connectivity index is 2.58. The normalized spacial score (nSPS) is 15.0. The number of Topliss-reactive ketones (excluding diaryl/α,β-unsaturated/α-hetero) is 1. The van der Waals surface area contributed by atoms with Gasteiger partial charge in [0.15, 0.2) is 5.78 Å². The van der Waals surface area contributed by atoms with E-state index in [0.717, 1.165) is 0 Å². The first-order valence-electron chi connectivity index (χ1n) is 4.18. The van der Waals surface area contributed by atoms with Crippen LogP contribution in [0.2, 0.25) is 0 Å². The van der Waals surface area contributed by atoms with Gasteiger partial charge in [-0.25, -0.2) is 0 Å². The number of ether oxygens (including phenoxy) is 1. The molecular weight excluding hydrogens is 168 g/mol. The standard InChI is InChI=1S/C10H10O3/c1-6-4-7-8(11)2-3-13-10(7)5-9(6)12/h4-5,12H,2-3H2,1H3. The third-order valence-electron chi connectivity index (χ3n) is 2.19. The molecule has 1 aliphatic rings. The fourth-order valence-corrected chi connectivity index (χ4v) is 1.40. The highest BCUT2D eigenvalue weighted by Crippen LogP contribution is 2.31. The maximum atomic E-state index is 11.4. The Morgan fingerprint density at radius 3 is 3.00 bits per heavy atom. The maximum absolute atomic E-state index is 11.4. The second kappa shape index (κ2) is 2.76. The molecule has 0 fully saturated rings. The van der Waals surface area contributed by atoms with Crippen molar-refractivity contribution >= 4 is 5.78 Å². The number of aryl methyl sites for hydroxylation is 1. The number of carbonyl (C=O) groups is 1. The summed E-state index contributed by atoms with van der Waals surface area (Å²) in [5.41, 5.74) is 1.29. The van der Waals surface area contributed by atoms with E-state index in [2.05, 4.69) is 0 Å². The SMILES string of the molecule is Cc1cc2c(cc1O)OCCC2=O. The van der Waals surface area contributed by atoms with Crippen LogP contribution in [0.15, 0.2) is 12.1 Å². The Morgan fingerprint density at radius 1 is 1.46 bits per heavy atom. The lowest BCUT2D eigenvalue weighted by atomic mass is 10.0. The summed E-state index contributed by atoms with van der Waals surface area (Å²) in [7, 11) is 0. The van der Waals surface area contributed by atoms with Gasteiger partial charge in [0.1, 0.15) is 11.5 Å². The highest BCUT2D eigenvalue weighted by molar-refractivity contribution is 6.00. The predicted octanol–water partition coefficient (Wildman–Crippen LogP) is 1.67. The Bertz CT molecular complexity index is 369. The first-order valence-corrected chi connectivity index (χ1v) is 4.18. The molecule has 0 radical (unpaired) electrons. The molecule has 3 nitrogen and oxygen atoms in total. The first kappa shape index (κ1) is 8.10. The van der Waals surface area contributed by atoms with Crippen LogP contribution in [0.3, 0.4) is 0 Å². The molecule has 0 amide bonds. The fraction of sp³-hybridized carbons (Fsp3) is 0.300. The largest absolute Gasteiger partial charge is 0.508 e.